The van der Waals surface area contributed by atoms with Crippen LogP contribution in [0, 0.1) is 0 Å². The maximum Gasteiger partial charge on any atom is 0.306 e. The molecule has 0 aromatic heterocycles. The first-order valence-electron chi connectivity index (χ1n) is 30.1. The molecule has 0 bridgehead atoms. The van der Waals surface area contributed by atoms with Crippen molar-refractivity contribution in [3.8, 4) is 0 Å². The van der Waals surface area contributed by atoms with E-state index in [-0.39, 0.29) is 31.1 Å². The van der Waals surface area contributed by atoms with E-state index in [0.29, 0.717) is 19.3 Å². The maximum absolute atomic E-state index is 12.9. The lowest BCUT2D eigenvalue weighted by Gasteiger charge is -2.18. The molecule has 0 aromatic rings. The van der Waals surface area contributed by atoms with Crippen LogP contribution in [0.5, 0.6) is 0 Å². The summed E-state index contributed by atoms with van der Waals surface area (Å²) < 4.78 is 16.9. The Bertz CT molecular complexity index is 1370. The summed E-state index contributed by atoms with van der Waals surface area (Å²) in [6.07, 6.45) is 77.1. The van der Waals surface area contributed by atoms with Crippen molar-refractivity contribution in [3.05, 3.63) is 85.1 Å². The van der Waals surface area contributed by atoms with E-state index < -0.39 is 6.10 Å². The highest BCUT2D eigenvalue weighted by Gasteiger charge is 2.19. The Kier molecular flexibility index (Phi) is 56.3. The summed E-state index contributed by atoms with van der Waals surface area (Å²) in [5, 5.41) is 0. The average Bonchev–Trinajstić information content (AvgIpc) is 3.37. The molecule has 0 rings (SSSR count). The summed E-state index contributed by atoms with van der Waals surface area (Å²) in [4.78, 5) is 38.3. The summed E-state index contributed by atoms with van der Waals surface area (Å²) >= 11 is 0. The number of ether oxygens (including phenoxy) is 3. The fourth-order valence-corrected chi connectivity index (χ4v) is 8.34. The Labute approximate surface area is 439 Å². The van der Waals surface area contributed by atoms with Crippen molar-refractivity contribution < 1.29 is 28.6 Å². The molecule has 71 heavy (non-hydrogen) atoms. The third kappa shape index (κ3) is 57.4. The third-order valence-corrected chi connectivity index (χ3v) is 12.9. The molecule has 0 heterocycles. The lowest BCUT2D eigenvalue weighted by molar-refractivity contribution is -0.167. The normalized spacial score (nSPS) is 12.7. The summed E-state index contributed by atoms with van der Waals surface area (Å²) in [6.45, 7) is 6.50. The largest absolute Gasteiger partial charge is 0.462 e. The number of unbranched alkanes of at least 4 members (excludes halogenated alkanes) is 29. The minimum atomic E-state index is -0.790. The highest BCUT2D eigenvalue weighted by molar-refractivity contribution is 5.71. The lowest BCUT2D eigenvalue weighted by Crippen LogP contribution is -2.30. The number of hydrogen-bond acceptors (Lipinski definition) is 6. The van der Waals surface area contributed by atoms with E-state index in [4.69, 9.17) is 14.2 Å². The van der Waals surface area contributed by atoms with Gasteiger partial charge < -0.3 is 14.2 Å². The highest BCUT2D eigenvalue weighted by Crippen LogP contribution is 2.15. The molecule has 0 aliphatic carbocycles. The maximum atomic E-state index is 12.9. The zero-order chi connectivity index (χ0) is 51.4. The molecule has 0 aliphatic rings. The summed E-state index contributed by atoms with van der Waals surface area (Å²) in [7, 11) is 0. The van der Waals surface area contributed by atoms with Crippen LogP contribution in [0.25, 0.3) is 0 Å². The van der Waals surface area contributed by atoms with Crippen LogP contribution in [-0.2, 0) is 28.6 Å². The summed E-state index contributed by atoms with van der Waals surface area (Å²) in [6, 6.07) is 0. The molecule has 408 valence electrons. The minimum Gasteiger partial charge on any atom is -0.462 e. The molecule has 1 unspecified atom stereocenters. The van der Waals surface area contributed by atoms with Crippen molar-refractivity contribution in [2.75, 3.05) is 13.2 Å². The van der Waals surface area contributed by atoms with Crippen molar-refractivity contribution in [1.82, 2.24) is 0 Å². The van der Waals surface area contributed by atoms with Gasteiger partial charge in [0.2, 0.25) is 0 Å². The molecule has 0 aliphatic heterocycles. The number of allylic oxidation sites excluding steroid dienone is 14. The van der Waals surface area contributed by atoms with Gasteiger partial charge in [0.05, 0.1) is 0 Å². The first kappa shape index (κ1) is 67.6. The van der Waals surface area contributed by atoms with Gasteiger partial charge in [0.15, 0.2) is 6.10 Å². The molecule has 1 atom stereocenters. The second kappa shape index (κ2) is 59.2. The summed E-state index contributed by atoms with van der Waals surface area (Å²) in [5.74, 6) is -0.903. The van der Waals surface area contributed by atoms with Gasteiger partial charge in [-0.05, 0) is 116 Å². The van der Waals surface area contributed by atoms with Gasteiger partial charge in [0.25, 0.3) is 0 Å². The Morgan fingerprint density at radius 3 is 0.859 bits per heavy atom. The number of carbonyl (C=O) groups excluding carboxylic acids is 3. The number of esters is 3. The van der Waals surface area contributed by atoms with E-state index in [1.165, 1.54) is 141 Å². The van der Waals surface area contributed by atoms with Crippen LogP contribution >= 0.6 is 0 Å². The number of rotatable bonds is 54. The fourth-order valence-electron chi connectivity index (χ4n) is 8.34. The quantitative estimate of drug-likeness (QED) is 0.0261. The van der Waals surface area contributed by atoms with Gasteiger partial charge in [-0.15, -0.1) is 0 Å². The van der Waals surface area contributed by atoms with Gasteiger partial charge in [-0.1, -0.05) is 241 Å². The number of carbonyl (C=O) groups is 3. The molecular weight excluding hydrogens is 877 g/mol. The van der Waals surface area contributed by atoms with E-state index in [1.807, 2.05) is 0 Å². The first-order valence-corrected chi connectivity index (χ1v) is 30.1. The molecule has 6 nitrogen and oxygen atoms in total. The molecule has 0 N–H and O–H groups in total. The number of hydrogen-bond donors (Lipinski definition) is 0. The van der Waals surface area contributed by atoms with Crippen molar-refractivity contribution in [2.45, 2.75) is 297 Å². The standard InChI is InChI=1S/C65H112O6/c1-4-7-10-13-16-19-22-25-28-31-34-37-40-43-46-49-52-55-58-64(67)70-61-62(60-69-63(66)57-54-51-48-45-42-39-36-33-30-27-24-21-18-15-12-9-6-3)71-65(68)59-56-53-50-47-44-41-38-35-32-29-26-23-20-17-14-11-8-5-2/h9,12,18-23,27-32,62H,4-8,10-11,13-17,24-26,33-61H2,1-3H3/b12-9-,21-18-,22-19-,23-20-,30-27-,31-28-,32-29-. The second-order valence-electron chi connectivity index (χ2n) is 19.9. The topological polar surface area (TPSA) is 78.9 Å². The third-order valence-electron chi connectivity index (χ3n) is 12.9. The van der Waals surface area contributed by atoms with Crippen LogP contribution in [0.2, 0.25) is 0 Å². The predicted octanol–water partition coefficient (Wildman–Crippen LogP) is 20.3. The zero-order valence-electron chi connectivity index (χ0n) is 46.7. The molecule has 0 aromatic carbocycles. The second-order valence-corrected chi connectivity index (χ2v) is 19.9. The Morgan fingerprint density at radius 1 is 0.296 bits per heavy atom. The van der Waals surface area contributed by atoms with E-state index >= 15 is 0 Å². The molecule has 0 saturated heterocycles. The van der Waals surface area contributed by atoms with Crippen molar-refractivity contribution >= 4 is 17.9 Å². The van der Waals surface area contributed by atoms with Gasteiger partial charge in [-0.3, -0.25) is 14.4 Å². The minimum absolute atomic E-state index is 0.0869. The van der Waals surface area contributed by atoms with Crippen LogP contribution in [-0.4, -0.2) is 37.2 Å². The Morgan fingerprint density at radius 2 is 0.549 bits per heavy atom. The van der Waals surface area contributed by atoms with E-state index in [9.17, 15) is 14.4 Å². The van der Waals surface area contributed by atoms with Crippen molar-refractivity contribution in [2.24, 2.45) is 0 Å². The van der Waals surface area contributed by atoms with E-state index in [0.717, 1.165) is 109 Å². The highest BCUT2D eigenvalue weighted by atomic mass is 16.6. The molecule has 0 saturated carbocycles. The molecule has 0 spiro atoms. The van der Waals surface area contributed by atoms with Gasteiger partial charge in [-0.2, -0.15) is 0 Å². The smallest absolute Gasteiger partial charge is 0.306 e. The monoisotopic (exact) mass is 989 g/mol. The van der Waals surface area contributed by atoms with Gasteiger partial charge >= 0.3 is 17.9 Å². The van der Waals surface area contributed by atoms with Gasteiger partial charge in [-0.25, -0.2) is 0 Å². The summed E-state index contributed by atoms with van der Waals surface area (Å²) in [5.41, 5.74) is 0. The Balaban J connectivity index is 4.42. The zero-order valence-corrected chi connectivity index (χ0v) is 46.7. The van der Waals surface area contributed by atoms with Crippen LogP contribution < -0.4 is 0 Å². The fraction of sp³-hybridized carbons (Fsp3) is 0.738. The average molecular weight is 990 g/mol. The van der Waals surface area contributed by atoms with Gasteiger partial charge in [0.1, 0.15) is 13.2 Å². The van der Waals surface area contributed by atoms with Gasteiger partial charge in [0, 0.05) is 19.3 Å². The SMILES string of the molecule is CC/C=C\C/C=C\C/C=C\CCCCCCCCCC(=O)OCC(COC(=O)CCCCCCCCC/C=C\C/C=C\CCCCCC)OC(=O)CCCCCCCCC/C=C\C/C=C\CCCCCC. The molecule has 0 fully saturated rings. The van der Waals surface area contributed by atoms with Crippen LogP contribution in [0.4, 0.5) is 0 Å². The van der Waals surface area contributed by atoms with Crippen molar-refractivity contribution in [1.29, 1.82) is 0 Å². The van der Waals surface area contributed by atoms with Crippen LogP contribution in [0.15, 0.2) is 85.1 Å². The molecule has 0 radical (unpaired) electrons. The lowest BCUT2D eigenvalue weighted by atomic mass is 10.1. The van der Waals surface area contributed by atoms with E-state index in [1.54, 1.807) is 0 Å². The molecular formula is C65H112O6. The van der Waals surface area contributed by atoms with E-state index in [2.05, 4.69) is 106 Å². The first-order chi connectivity index (χ1) is 35.0. The van der Waals surface area contributed by atoms with Crippen LogP contribution in [0.1, 0.15) is 290 Å². The van der Waals surface area contributed by atoms with Crippen molar-refractivity contribution in [3.63, 3.8) is 0 Å². The van der Waals surface area contributed by atoms with Crippen LogP contribution in [0.3, 0.4) is 0 Å². The molecule has 6 heteroatoms. The predicted molar refractivity (Wildman–Crippen MR) is 307 cm³/mol. The molecule has 0 amide bonds. The Hall–Kier alpha value is -3.41.